The van der Waals surface area contributed by atoms with Crippen LogP contribution in [-0.4, -0.2) is 75.5 Å². The lowest BCUT2D eigenvalue weighted by molar-refractivity contribution is -0.889. The van der Waals surface area contributed by atoms with Gasteiger partial charge in [-0.15, -0.1) is 0 Å². The molecule has 0 aromatic carbocycles. The molecular weight excluding hydrogens is 618 g/mol. The minimum absolute atomic E-state index is 0.0418. The van der Waals surface area contributed by atoms with E-state index < -0.39 is 18.1 Å². The molecule has 0 amide bonds. The van der Waals surface area contributed by atoms with Crippen LogP contribution in [0.25, 0.3) is 0 Å². The number of unbranched alkanes of at least 4 members (excludes halogenated alkanes) is 20. The average Bonchev–Trinajstić information content (AvgIpc) is 3.05. The number of ether oxygens (including phenoxy) is 3. The van der Waals surface area contributed by atoms with Gasteiger partial charge in [0.25, 0.3) is 0 Å². The van der Waals surface area contributed by atoms with Gasteiger partial charge < -0.3 is 28.6 Å². The first-order valence-electron chi connectivity index (χ1n) is 20.2. The van der Waals surface area contributed by atoms with E-state index in [0.717, 1.165) is 32.1 Å². The molecule has 2 unspecified atom stereocenters. The SMILES string of the molecule is CCCCCCCCCC/C=C\CCCCCCCCCCCCCC(=O)OC(COCCC(C(=O)[O-])[N+](C)(C)C)COC(=O)CCCC. The number of carboxylic acid groups (broad SMARTS) is 1. The van der Waals surface area contributed by atoms with E-state index in [9.17, 15) is 19.5 Å². The molecular formula is C41H77NO7. The fourth-order valence-corrected chi connectivity index (χ4v) is 5.93. The molecule has 0 aliphatic carbocycles. The highest BCUT2D eigenvalue weighted by atomic mass is 16.6. The van der Waals surface area contributed by atoms with Gasteiger partial charge in [-0.3, -0.25) is 9.59 Å². The number of hydrogen-bond donors (Lipinski definition) is 0. The fraction of sp³-hybridized carbons (Fsp3) is 0.878. The minimum atomic E-state index is -1.13. The third kappa shape index (κ3) is 31.8. The van der Waals surface area contributed by atoms with Gasteiger partial charge in [-0.25, -0.2) is 0 Å². The molecule has 49 heavy (non-hydrogen) atoms. The highest BCUT2D eigenvalue weighted by molar-refractivity contribution is 5.70. The van der Waals surface area contributed by atoms with Gasteiger partial charge in [-0.1, -0.05) is 135 Å². The summed E-state index contributed by atoms with van der Waals surface area (Å²) in [4.78, 5) is 36.0. The first-order chi connectivity index (χ1) is 23.6. The van der Waals surface area contributed by atoms with Gasteiger partial charge in [0.1, 0.15) is 12.6 Å². The Hall–Kier alpha value is -1.93. The van der Waals surface area contributed by atoms with E-state index >= 15 is 0 Å². The number of likely N-dealkylation sites (N-methyl/N-ethyl adjacent to an activating group) is 1. The smallest absolute Gasteiger partial charge is 0.306 e. The Labute approximate surface area is 301 Å². The van der Waals surface area contributed by atoms with Crippen LogP contribution in [-0.2, 0) is 28.6 Å². The summed E-state index contributed by atoms with van der Waals surface area (Å²) in [5, 5.41) is 11.5. The quantitative estimate of drug-likeness (QED) is 0.0279. The summed E-state index contributed by atoms with van der Waals surface area (Å²) in [6, 6.07) is -0.718. The van der Waals surface area contributed by atoms with Crippen LogP contribution >= 0.6 is 0 Å². The van der Waals surface area contributed by atoms with Crippen molar-refractivity contribution in [2.24, 2.45) is 0 Å². The van der Waals surface area contributed by atoms with Crippen LogP contribution in [0.5, 0.6) is 0 Å². The summed E-state index contributed by atoms with van der Waals surface area (Å²) in [7, 11) is 5.38. The number of rotatable bonds is 36. The van der Waals surface area contributed by atoms with Crippen molar-refractivity contribution < 1.29 is 38.2 Å². The van der Waals surface area contributed by atoms with Crippen LogP contribution in [0.3, 0.4) is 0 Å². The van der Waals surface area contributed by atoms with Crippen molar-refractivity contribution in [2.45, 2.75) is 193 Å². The third-order valence-electron chi connectivity index (χ3n) is 9.15. The third-order valence-corrected chi connectivity index (χ3v) is 9.15. The Morgan fingerprint density at radius 1 is 0.592 bits per heavy atom. The molecule has 0 saturated carbocycles. The monoisotopic (exact) mass is 696 g/mol. The molecule has 0 aliphatic rings. The van der Waals surface area contributed by atoms with Gasteiger partial charge in [0, 0.05) is 19.3 Å². The molecule has 0 fully saturated rings. The van der Waals surface area contributed by atoms with Gasteiger partial charge in [0.15, 0.2) is 6.10 Å². The molecule has 0 saturated heterocycles. The van der Waals surface area contributed by atoms with Gasteiger partial charge in [-0.2, -0.15) is 0 Å². The molecule has 0 rings (SSSR count). The predicted molar refractivity (Wildman–Crippen MR) is 199 cm³/mol. The molecule has 288 valence electrons. The summed E-state index contributed by atoms with van der Waals surface area (Å²) < 4.78 is 16.8. The summed E-state index contributed by atoms with van der Waals surface area (Å²) in [5.41, 5.74) is 0. The highest BCUT2D eigenvalue weighted by Gasteiger charge is 2.25. The Balaban J connectivity index is 3.94. The molecule has 0 aromatic rings. The Kier molecular flexibility index (Phi) is 31.9. The average molecular weight is 696 g/mol. The lowest BCUT2D eigenvalue weighted by Crippen LogP contribution is -2.55. The summed E-state index contributed by atoms with van der Waals surface area (Å²) in [6.07, 6.45) is 33.5. The van der Waals surface area contributed by atoms with Crippen molar-refractivity contribution in [3.8, 4) is 0 Å². The van der Waals surface area contributed by atoms with Crippen molar-refractivity contribution in [2.75, 3.05) is 41.0 Å². The van der Waals surface area contributed by atoms with Crippen molar-refractivity contribution in [3.05, 3.63) is 12.2 Å². The van der Waals surface area contributed by atoms with Crippen LogP contribution in [0.2, 0.25) is 0 Å². The maximum atomic E-state index is 12.5. The highest BCUT2D eigenvalue weighted by Crippen LogP contribution is 2.15. The zero-order valence-corrected chi connectivity index (χ0v) is 32.6. The molecule has 0 heterocycles. The van der Waals surface area contributed by atoms with Crippen molar-refractivity contribution in [1.29, 1.82) is 0 Å². The molecule has 0 radical (unpaired) electrons. The maximum Gasteiger partial charge on any atom is 0.306 e. The number of nitrogens with zero attached hydrogens (tertiary/aromatic N) is 1. The van der Waals surface area contributed by atoms with Gasteiger partial charge in [0.2, 0.25) is 0 Å². The van der Waals surface area contributed by atoms with Crippen LogP contribution in [0.4, 0.5) is 0 Å². The Morgan fingerprint density at radius 3 is 1.51 bits per heavy atom. The molecule has 0 N–H and O–H groups in total. The van der Waals surface area contributed by atoms with E-state index in [1.165, 1.54) is 116 Å². The summed E-state index contributed by atoms with van der Waals surface area (Å²) >= 11 is 0. The van der Waals surface area contributed by atoms with Crippen LogP contribution in [0, 0.1) is 0 Å². The second-order valence-corrected chi connectivity index (χ2v) is 14.9. The van der Waals surface area contributed by atoms with E-state index in [1.807, 2.05) is 6.92 Å². The number of quaternary nitrogens is 1. The topological polar surface area (TPSA) is 102 Å². The molecule has 0 aromatic heterocycles. The van der Waals surface area contributed by atoms with Crippen LogP contribution < -0.4 is 5.11 Å². The van der Waals surface area contributed by atoms with E-state index in [-0.39, 0.29) is 42.7 Å². The first-order valence-corrected chi connectivity index (χ1v) is 20.2. The summed E-state index contributed by atoms with van der Waals surface area (Å²) in [6.45, 7) is 4.43. The van der Waals surface area contributed by atoms with E-state index in [2.05, 4.69) is 19.1 Å². The van der Waals surface area contributed by atoms with Gasteiger partial charge in [-0.05, 0) is 38.5 Å². The van der Waals surface area contributed by atoms with Gasteiger partial charge in [0.05, 0.1) is 40.3 Å². The Morgan fingerprint density at radius 2 is 1.04 bits per heavy atom. The molecule has 2 atom stereocenters. The number of allylic oxidation sites excluding steroid dienone is 2. The standard InChI is InChI=1S/C41H77NO7/c1-6-8-10-11-12-13-14-15-16-17-18-19-20-21-22-23-24-25-26-27-28-29-30-32-40(44)49-37(36-48-39(43)31-9-7-2)35-47-34-33-38(41(45)46)42(3,4)5/h17-18,37-38H,6-16,19-36H2,1-5H3/b18-17-. The molecule has 0 aliphatic heterocycles. The number of hydrogen-bond acceptors (Lipinski definition) is 7. The molecule has 0 bridgehead atoms. The van der Waals surface area contributed by atoms with Gasteiger partial charge >= 0.3 is 11.9 Å². The second kappa shape index (κ2) is 33.2. The minimum Gasteiger partial charge on any atom is -0.544 e. The zero-order chi connectivity index (χ0) is 36.4. The van der Waals surface area contributed by atoms with E-state index in [4.69, 9.17) is 14.2 Å². The molecule has 8 heteroatoms. The zero-order valence-electron chi connectivity index (χ0n) is 32.6. The van der Waals surface area contributed by atoms with E-state index in [1.54, 1.807) is 21.1 Å². The number of carbonyl (C=O) groups is 3. The van der Waals surface area contributed by atoms with Crippen molar-refractivity contribution in [1.82, 2.24) is 0 Å². The first kappa shape index (κ1) is 47.1. The predicted octanol–water partition coefficient (Wildman–Crippen LogP) is 9.02. The second-order valence-electron chi connectivity index (χ2n) is 14.9. The van der Waals surface area contributed by atoms with Crippen molar-refractivity contribution >= 4 is 17.9 Å². The molecule has 0 spiro atoms. The van der Waals surface area contributed by atoms with Crippen molar-refractivity contribution in [3.63, 3.8) is 0 Å². The van der Waals surface area contributed by atoms with E-state index in [0.29, 0.717) is 12.8 Å². The number of esters is 2. The van der Waals surface area contributed by atoms with Crippen LogP contribution in [0.1, 0.15) is 181 Å². The lowest BCUT2D eigenvalue weighted by atomic mass is 10.0. The normalized spacial score (nSPS) is 13.1. The van der Waals surface area contributed by atoms with Crippen LogP contribution in [0.15, 0.2) is 12.2 Å². The lowest BCUT2D eigenvalue weighted by Gasteiger charge is -2.34. The number of carbonyl (C=O) groups excluding carboxylic acids is 3. The number of aliphatic carboxylic acids is 1. The largest absolute Gasteiger partial charge is 0.544 e. The number of carboxylic acids is 1. The Bertz CT molecular complexity index is 823. The fourth-order valence-electron chi connectivity index (χ4n) is 5.93. The maximum absolute atomic E-state index is 12.5. The summed E-state index contributed by atoms with van der Waals surface area (Å²) in [5.74, 6) is -1.77. The molecule has 8 nitrogen and oxygen atoms in total.